The van der Waals surface area contributed by atoms with Crippen LogP contribution in [0.25, 0.3) is 28.1 Å². The third kappa shape index (κ3) is 4.04. The van der Waals surface area contributed by atoms with Crippen LogP contribution in [-0.2, 0) is 0 Å². The molecule has 0 saturated heterocycles. The molecular formula is C27H17ClF3N3. The van der Waals surface area contributed by atoms with Crippen molar-refractivity contribution in [1.29, 1.82) is 0 Å². The van der Waals surface area contributed by atoms with Crippen LogP contribution >= 0.6 is 11.6 Å². The third-order valence-corrected chi connectivity index (χ3v) is 5.65. The summed E-state index contributed by atoms with van der Waals surface area (Å²) in [5, 5.41) is 7.85. The lowest BCUT2D eigenvalue weighted by Crippen LogP contribution is -2.06. The van der Waals surface area contributed by atoms with E-state index in [9.17, 15) is 13.2 Å². The van der Waals surface area contributed by atoms with Crippen molar-refractivity contribution in [1.82, 2.24) is 9.78 Å². The van der Waals surface area contributed by atoms with Gasteiger partial charge in [-0.15, -0.1) is 0 Å². The summed E-state index contributed by atoms with van der Waals surface area (Å²) in [7, 11) is 0. The number of anilines is 2. The number of benzene rings is 4. The molecule has 4 aromatic carbocycles. The Balaban J connectivity index is 1.85. The summed E-state index contributed by atoms with van der Waals surface area (Å²) < 4.78 is 44.8. The van der Waals surface area contributed by atoms with E-state index in [1.165, 1.54) is 24.3 Å². The standard InChI is InChI=1S/C27H17ClF3N3/c28-21-16-18(29)14-15-20(21)24-25(17-8-3-1-4-9-17)33-34(19-10-5-2-6-11-19)27(24)32-26-22(30)12-7-13-23(26)31/h1-16,32H. The molecule has 1 N–H and O–H groups in total. The second-order valence-corrected chi connectivity index (χ2v) is 7.94. The predicted molar refractivity (Wildman–Crippen MR) is 129 cm³/mol. The molecule has 7 heteroatoms. The molecule has 1 aromatic heterocycles. The Morgan fingerprint density at radius 2 is 1.38 bits per heavy atom. The van der Waals surface area contributed by atoms with Crippen molar-refractivity contribution >= 4 is 23.1 Å². The fourth-order valence-corrected chi connectivity index (χ4v) is 4.03. The Morgan fingerprint density at radius 3 is 2.03 bits per heavy atom. The second-order valence-electron chi connectivity index (χ2n) is 7.53. The molecule has 34 heavy (non-hydrogen) atoms. The van der Waals surface area contributed by atoms with Crippen LogP contribution in [0.1, 0.15) is 0 Å². The molecule has 0 aliphatic rings. The Kier molecular flexibility index (Phi) is 5.82. The van der Waals surface area contributed by atoms with E-state index in [-0.39, 0.29) is 16.5 Å². The molecule has 5 rings (SSSR count). The number of hydrogen-bond donors (Lipinski definition) is 1. The molecule has 0 unspecified atom stereocenters. The van der Waals surface area contributed by atoms with Crippen LogP contribution in [0.5, 0.6) is 0 Å². The monoisotopic (exact) mass is 475 g/mol. The van der Waals surface area contributed by atoms with E-state index < -0.39 is 17.5 Å². The fraction of sp³-hybridized carbons (Fsp3) is 0. The predicted octanol–water partition coefficient (Wildman–Crippen LogP) is 8.02. The normalized spacial score (nSPS) is 10.9. The molecule has 0 saturated carbocycles. The van der Waals surface area contributed by atoms with Gasteiger partial charge in [0.05, 0.1) is 16.3 Å². The van der Waals surface area contributed by atoms with Crippen molar-refractivity contribution in [2.24, 2.45) is 0 Å². The lowest BCUT2D eigenvalue weighted by atomic mass is 10.0. The number of halogens is 4. The summed E-state index contributed by atoms with van der Waals surface area (Å²) in [6.45, 7) is 0. The molecule has 5 aromatic rings. The average Bonchev–Trinajstić information content (AvgIpc) is 3.21. The van der Waals surface area contributed by atoms with Crippen molar-refractivity contribution in [3.8, 4) is 28.1 Å². The first-order valence-electron chi connectivity index (χ1n) is 10.4. The van der Waals surface area contributed by atoms with Gasteiger partial charge in [-0.25, -0.2) is 17.9 Å². The largest absolute Gasteiger partial charge is 0.335 e. The lowest BCUT2D eigenvalue weighted by Gasteiger charge is -2.14. The molecule has 168 valence electrons. The second kappa shape index (κ2) is 9.08. The molecule has 0 atom stereocenters. The van der Waals surface area contributed by atoms with Gasteiger partial charge >= 0.3 is 0 Å². The number of aromatic nitrogens is 2. The summed E-state index contributed by atoms with van der Waals surface area (Å²) in [5.74, 6) is -1.75. The van der Waals surface area contributed by atoms with Gasteiger partial charge in [0.15, 0.2) is 0 Å². The number of nitrogens with one attached hydrogen (secondary N) is 1. The van der Waals surface area contributed by atoms with Crippen LogP contribution < -0.4 is 5.32 Å². The molecule has 0 spiro atoms. The fourth-order valence-electron chi connectivity index (χ4n) is 3.77. The zero-order valence-electron chi connectivity index (χ0n) is 17.6. The van der Waals surface area contributed by atoms with E-state index in [4.69, 9.17) is 16.7 Å². The van der Waals surface area contributed by atoms with Gasteiger partial charge < -0.3 is 5.32 Å². The topological polar surface area (TPSA) is 29.9 Å². The van der Waals surface area contributed by atoms with Crippen LogP contribution in [-0.4, -0.2) is 9.78 Å². The van der Waals surface area contributed by atoms with Crippen molar-refractivity contribution in [3.63, 3.8) is 0 Å². The number of rotatable bonds is 5. The van der Waals surface area contributed by atoms with Gasteiger partial charge in [0.25, 0.3) is 0 Å². The smallest absolute Gasteiger partial charge is 0.149 e. The minimum absolute atomic E-state index is 0.141. The van der Waals surface area contributed by atoms with Crippen molar-refractivity contribution in [2.45, 2.75) is 0 Å². The first kappa shape index (κ1) is 21.8. The summed E-state index contributed by atoms with van der Waals surface area (Å²) in [4.78, 5) is 0. The highest BCUT2D eigenvalue weighted by atomic mass is 35.5. The van der Waals surface area contributed by atoms with E-state index in [1.54, 1.807) is 4.68 Å². The molecule has 1 heterocycles. The Morgan fingerprint density at radius 1 is 0.735 bits per heavy atom. The maximum atomic E-state index is 14.7. The molecule has 0 aliphatic carbocycles. The van der Waals surface area contributed by atoms with Gasteiger partial charge in [0.2, 0.25) is 0 Å². The highest BCUT2D eigenvalue weighted by Crippen LogP contribution is 2.43. The Labute approximate surface area is 199 Å². The van der Waals surface area contributed by atoms with Gasteiger partial charge in [-0.3, -0.25) is 0 Å². The molecule has 3 nitrogen and oxygen atoms in total. The summed E-state index contributed by atoms with van der Waals surface area (Å²) in [5.41, 5.74) is 2.52. The van der Waals surface area contributed by atoms with Crippen molar-refractivity contribution in [3.05, 3.63) is 120 Å². The molecule has 0 bridgehead atoms. The van der Waals surface area contributed by atoms with Gasteiger partial charge in [0, 0.05) is 11.1 Å². The molecule has 0 radical (unpaired) electrons. The number of hydrogen-bond acceptors (Lipinski definition) is 2. The zero-order valence-corrected chi connectivity index (χ0v) is 18.4. The average molecular weight is 476 g/mol. The Hall–Kier alpha value is -4.03. The van der Waals surface area contributed by atoms with E-state index in [0.29, 0.717) is 22.5 Å². The van der Waals surface area contributed by atoms with E-state index >= 15 is 0 Å². The maximum Gasteiger partial charge on any atom is 0.149 e. The first-order chi connectivity index (χ1) is 16.5. The molecule has 0 fully saturated rings. The number of nitrogens with zero attached hydrogens (tertiary/aromatic N) is 2. The van der Waals surface area contributed by atoms with Crippen LogP contribution in [0.3, 0.4) is 0 Å². The lowest BCUT2D eigenvalue weighted by molar-refractivity contribution is 0.590. The maximum absolute atomic E-state index is 14.7. The summed E-state index contributed by atoms with van der Waals surface area (Å²) in [6, 6.07) is 26.1. The Bertz CT molecular complexity index is 1450. The number of para-hydroxylation sites is 2. The van der Waals surface area contributed by atoms with Gasteiger partial charge in [0.1, 0.15) is 34.7 Å². The zero-order chi connectivity index (χ0) is 23.7. The molecule has 0 amide bonds. The van der Waals surface area contributed by atoms with E-state index in [2.05, 4.69) is 5.32 Å². The van der Waals surface area contributed by atoms with Crippen LogP contribution in [0, 0.1) is 17.5 Å². The summed E-state index contributed by atoms with van der Waals surface area (Å²) >= 11 is 6.46. The van der Waals surface area contributed by atoms with E-state index in [1.807, 2.05) is 60.7 Å². The highest BCUT2D eigenvalue weighted by molar-refractivity contribution is 6.33. The van der Waals surface area contributed by atoms with Gasteiger partial charge in [-0.05, 0) is 42.5 Å². The third-order valence-electron chi connectivity index (χ3n) is 5.34. The van der Waals surface area contributed by atoms with Crippen LogP contribution in [0.15, 0.2) is 97.1 Å². The van der Waals surface area contributed by atoms with Gasteiger partial charge in [-0.1, -0.05) is 66.2 Å². The van der Waals surface area contributed by atoms with Crippen LogP contribution in [0.4, 0.5) is 24.7 Å². The first-order valence-corrected chi connectivity index (χ1v) is 10.8. The van der Waals surface area contributed by atoms with E-state index in [0.717, 1.165) is 17.7 Å². The minimum atomic E-state index is -0.766. The molecular weight excluding hydrogens is 459 g/mol. The van der Waals surface area contributed by atoms with Crippen LogP contribution in [0.2, 0.25) is 5.02 Å². The SMILES string of the molecule is Fc1ccc(-c2c(-c3ccccc3)nn(-c3ccccc3)c2Nc2c(F)cccc2F)c(Cl)c1. The quantitative estimate of drug-likeness (QED) is 0.279. The van der Waals surface area contributed by atoms with Crippen molar-refractivity contribution in [2.75, 3.05) is 5.32 Å². The highest BCUT2D eigenvalue weighted by Gasteiger charge is 2.25. The minimum Gasteiger partial charge on any atom is -0.335 e. The summed E-state index contributed by atoms with van der Waals surface area (Å²) in [6.07, 6.45) is 0. The molecule has 0 aliphatic heterocycles. The van der Waals surface area contributed by atoms with Crippen molar-refractivity contribution < 1.29 is 13.2 Å². The van der Waals surface area contributed by atoms with Gasteiger partial charge in [-0.2, -0.15) is 5.10 Å².